The first-order valence-electron chi connectivity index (χ1n) is 8.78. The summed E-state index contributed by atoms with van der Waals surface area (Å²) in [5.41, 5.74) is 2.38. The Balaban J connectivity index is 1.68. The van der Waals surface area contributed by atoms with Gasteiger partial charge < -0.3 is 10.2 Å². The molecule has 0 saturated carbocycles. The number of rotatable bonds is 5. The molecule has 1 aliphatic carbocycles. The number of non-ortho nitro benzene ring substituents is 1. The predicted octanol–water partition coefficient (Wildman–Crippen LogP) is 2.86. The number of aryl methyl sites for hydroxylation is 1. The summed E-state index contributed by atoms with van der Waals surface area (Å²) in [6.45, 7) is 1.62. The van der Waals surface area contributed by atoms with Gasteiger partial charge in [-0.1, -0.05) is 30.3 Å². The van der Waals surface area contributed by atoms with Gasteiger partial charge in [0.15, 0.2) is 0 Å². The molecule has 7 nitrogen and oxygen atoms in total. The van der Waals surface area contributed by atoms with Crippen LogP contribution >= 0.6 is 0 Å². The van der Waals surface area contributed by atoms with E-state index in [-0.39, 0.29) is 23.2 Å². The maximum absolute atomic E-state index is 12.8. The molecule has 0 spiro atoms. The highest BCUT2D eigenvalue weighted by molar-refractivity contribution is 5.97. The molecule has 0 bridgehead atoms. The molecule has 3 rings (SSSR count). The van der Waals surface area contributed by atoms with Crippen LogP contribution in [0.5, 0.6) is 0 Å². The summed E-state index contributed by atoms with van der Waals surface area (Å²) in [6.07, 6.45) is 1.78. The fraction of sp³-hybridized carbons (Fsp3) is 0.300. The van der Waals surface area contributed by atoms with Crippen LogP contribution in [0.15, 0.2) is 48.5 Å². The number of carbonyl (C=O) groups is 2. The average Bonchev–Trinajstić information content (AvgIpc) is 3.10. The van der Waals surface area contributed by atoms with Gasteiger partial charge in [0.1, 0.15) is 6.04 Å². The molecule has 7 heteroatoms. The molecule has 0 saturated heterocycles. The van der Waals surface area contributed by atoms with Crippen molar-refractivity contribution in [3.05, 3.63) is 75.3 Å². The van der Waals surface area contributed by atoms with E-state index in [0.717, 1.165) is 18.4 Å². The van der Waals surface area contributed by atoms with E-state index in [1.807, 2.05) is 18.2 Å². The lowest BCUT2D eigenvalue weighted by Gasteiger charge is -2.28. The third kappa shape index (κ3) is 3.81. The molecule has 2 unspecified atom stereocenters. The molecular weight excluding hydrogens is 346 g/mol. The van der Waals surface area contributed by atoms with Crippen LogP contribution in [0.25, 0.3) is 0 Å². The van der Waals surface area contributed by atoms with Crippen molar-refractivity contribution in [1.82, 2.24) is 10.2 Å². The van der Waals surface area contributed by atoms with Crippen LogP contribution in [0.1, 0.15) is 40.9 Å². The maximum Gasteiger partial charge on any atom is 0.270 e. The molecule has 0 aromatic heterocycles. The lowest BCUT2D eigenvalue weighted by molar-refractivity contribution is -0.384. The number of likely N-dealkylation sites (N-methyl/N-ethyl adjacent to an activating group) is 1. The lowest BCUT2D eigenvalue weighted by atomic mass is 10.1. The molecule has 27 heavy (non-hydrogen) atoms. The minimum absolute atomic E-state index is 0.00846. The second-order valence-electron chi connectivity index (χ2n) is 6.71. The number of nitro groups is 1. The zero-order valence-electron chi connectivity index (χ0n) is 15.2. The summed E-state index contributed by atoms with van der Waals surface area (Å²) in [7, 11) is 1.74. The SMILES string of the molecule is CC(NC(=O)c1cccc([N+](=O)[O-])c1)C(=O)N(C)C1CCc2ccccc21. The van der Waals surface area contributed by atoms with E-state index >= 15 is 0 Å². The minimum Gasteiger partial charge on any atom is -0.341 e. The van der Waals surface area contributed by atoms with Crippen LogP contribution in [-0.4, -0.2) is 34.7 Å². The van der Waals surface area contributed by atoms with Crippen LogP contribution in [0.4, 0.5) is 5.69 Å². The van der Waals surface area contributed by atoms with Gasteiger partial charge in [0.05, 0.1) is 11.0 Å². The van der Waals surface area contributed by atoms with Crippen molar-refractivity contribution in [3.8, 4) is 0 Å². The first kappa shape index (κ1) is 18.6. The van der Waals surface area contributed by atoms with Crippen molar-refractivity contribution in [2.75, 3.05) is 7.05 Å². The van der Waals surface area contributed by atoms with Gasteiger partial charge >= 0.3 is 0 Å². The van der Waals surface area contributed by atoms with Gasteiger partial charge in [-0.3, -0.25) is 19.7 Å². The summed E-state index contributed by atoms with van der Waals surface area (Å²) in [5, 5.41) is 13.5. The molecule has 0 fully saturated rings. The quantitative estimate of drug-likeness (QED) is 0.650. The predicted molar refractivity (Wildman–Crippen MR) is 100 cm³/mol. The smallest absolute Gasteiger partial charge is 0.270 e. The Hall–Kier alpha value is -3.22. The summed E-state index contributed by atoms with van der Waals surface area (Å²) < 4.78 is 0. The molecule has 0 aliphatic heterocycles. The molecule has 2 amide bonds. The monoisotopic (exact) mass is 367 g/mol. The van der Waals surface area contributed by atoms with E-state index in [9.17, 15) is 19.7 Å². The second-order valence-corrected chi connectivity index (χ2v) is 6.71. The fourth-order valence-electron chi connectivity index (χ4n) is 3.50. The highest BCUT2D eigenvalue weighted by Gasteiger charge is 2.31. The van der Waals surface area contributed by atoms with E-state index in [4.69, 9.17) is 0 Å². The van der Waals surface area contributed by atoms with Gasteiger partial charge in [-0.2, -0.15) is 0 Å². The molecular formula is C20H21N3O4. The number of nitrogens with zero attached hydrogens (tertiary/aromatic N) is 2. The van der Waals surface area contributed by atoms with Crippen molar-refractivity contribution in [1.29, 1.82) is 0 Å². The Bertz CT molecular complexity index is 896. The first-order chi connectivity index (χ1) is 12.9. The third-order valence-electron chi connectivity index (χ3n) is 4.95. The van der Waals surface area contributed by atoms with Crippen LogP contribution in [0.2, 0.25) is 0 Å². The molecule has 2 aromatic carbocycles. The number of benzene rings is 2. The zero-order valence-corrected chi connectivity index (χ0v) is 15.2. The number of amides is 2. The van der Waals surface area contributed by atoms with Crippen molar-refractivity contribution in [3.63, 3.8) is 0 Å². The maximum atomic E-state index is 12.8. The summed E-state index contributed by atoms with van der Waals surface area (Å²) in [6, 6.07) is 12.7. The van der Waals surface area contributed by atoms with Gasteiger partial charge in [0.2, 0.25) is 5.91 Å². The Kier molecular flexibility index (Phi) is 5.21. The van der Waals surface area contributed by atoms with Crippen molar-refractivity contribution in [2.45, 2.75) is 31.8 Å². The summed E-state index contributed by atoms with van der Waals surface area (Å²) >= 11 is 0. The number of carbonyl (C=O) groups excluding carboxylic acids is 2. The van der Waals surface area contributed by atoms with Gasteiger partial charge in [-0.25, -0.2) is 0 Å². The van der Waals surface area contributed by atoms with Crippen molar-refractivity contribution < 1.29 is 14.5 Å². The molecule has 1 aliphatic rings. The standard InChI is InChI=1S/C20H21N3O4/c1-13(21-19(24)15-7-5-8-16(12-15)23(26)27)20(25)22(2)18-11-10-14-6-3-4-9-17(14)18/h3-9,12-13,18H,10-11H2,1-2H3,(H,21,24). The highest BCUT2D eigenvalue weighted by atomic mass is 16.6. The largest absolute Gasteiger partial charge is 0.341 e. The number of nitrogens with one attached hydrogen (secondary N) is 1. The van der Waals surface area contributed by atoms with Gasteiger partial charge in [0.25, 0.3) is 11.6 Å². The van der Waals surface area contributed by atoms with E-state index < -0.39 is 16.9 Å². The van der Waals surface area contributed by atoms with E-state index in [2.05, 4.69) is 11.4 Å². The average molecular weight is 367 g/mol. The molecule has 0 radical (unpaired) electrons. The van der Waals surface area contributed by atoms with Gasteiger partial charge in [0, 0.05) is 24.7 Å². The molecule has 2 atom stereocenters. The Labute approximate surface area is 157 Å². The van der Waals surface area contributed by atoms with E-state index in [1.54, 1.807) is 18.9 Å². The highest BCUT2D eigenvalue weighted by Crippen LogP contribution is 2.35. The third-order valence-corrected chi connectivity index (χ3v) is 4.95. The van der Waals surface area contributed by atoms with Crippen LogP contribution in [0.3, 0.4) is 0 Å². The minimum atomic E-state index is -0.741. The van der Waals surface area contributed by atoms with Crippen LogP contribution in [0, 0.1) is 10.1 Å². The Morgan fingerprint density at radius 2 is 1.96 bits per heavy atom. The number of fused-ring (bicyclic) bond motifs is 1. The lowest BCUT2D eigenvalue weighted by Crippen LogP contribution is -2.46. The van der Waals surface area contributed by atoms with Crippen molar-refractivity contribution >= 4 is 17.5 Å². The van der Waals surface area contributed by atoms with Crippen LogP contribution in [-0.2, 0) is 11.2 Å². The summed E-state index contributed by atoms with van der Waals surface area (Å²) in [4.78, 5) is 37.1. The van der Waals surface area contributed by atoms with E-state index in [0.29, 0.717) is 0 Å². The topological polar surface area (TPSA) is 92.5 Å². The van der Waals surface area contributed by atoms with Gasteiger partial charge in [-0.05, 0) is 37.0 Å². The Morgan fingerprint density at radius 3 is 2.70 bits per heavy atom. The van der Waals surface area contributed by atoms with Gasteiger partial charge in [-0.15, -0.1) is 0 Å². The molecule has 0 heterocycles. The first-order valence-corrected chi connectivity index (χ1v) is 8.78. The fourth-order valence-corrected chi connectivity index (χ4v) is 3.50. The molecule has 140 valence electrons. The molecule has 2 aromatic rings. The van der Waals surface area contributed by atoms with Crippen LogP contribution < -0.4 is 5.32 Å². The zero-order chi connectivity index (χ0) is 19.6. The number of hydrogen-bond acceptors (Lipinski definition) is 4. The number of hydrogen-bond donors (Lipinski definition) is 1. The van der Waals surface area contributed by atoms with Crippen molar-refractivity contribution in [2.24, 2.45) is 0 Å². The normalized spacial score (nSPS) is 16.3. The van der Waals surface area contributed by atoms with E-state index in [1.165, 1.54) is 29.8 Å². The Morgan fingerprint density at radius 1 is 1.22 bits per heavy atom. The summed E-state index contributed by atoms with van der Waals surface area (Å²) in [5.74, 6) is -0.713. The number of nitro benzene ring substituents is 1. The molecule has 1 N–H and O–H groups in total. The second kappa shape index (κ2) is 7.57.